The summed E-state index contributed by atoms with van der Waals surface area (Å²) in [6.45, 7) is -0.311. The van der Waals surface area contributed by atoms with Crippen LogP contribution in [0.1, 0.15) is 20.7 Å². The third-order valence-electron chi connectivity index (χ3n) is 3.14. The number of anilines is 1. The highest BCUT2D eigenvalue weighted by Crippen LogP contribution is 2.22. The molecule has 1 N–H and O–H groups in total. The molecule has 0 saturated heterocycles. The molecule has 1 aliphatic rings. The van der Waals surface area contributed by atoms with Gasteiger partial charge in [0.2, 0.25) is 5.91 Å². The summed E-state index contributed by atoms with van der Waals surface area (Å²) >= 11 is 0. The van der Waals surface area contributed by atoms with Gasteiger partial charge in [0.1, 0.15) is 6.54 Å². The fourth-order valence-corrected chi connectivity index (χ4v) is 2.16. The number of hydrogen-bond acceptors (Lipinski definition) is 4. The Morgan fingerprint density at radius 3 is 2.14 bits per heavy atom. The summed E-state index contributed by atoms with van der Waals surface area (Å²) < 4.78 is 0. The first-order valence-corrected chi connectivity index (χ1v) is 6.32. The zero-order chi connectivity index (χ0) is 14.8. The number of imide groups is 1. The quantitative estimate of drug-likeness (QED) is 0.860. The summed E-state index contributed by atoms with van der Waals surface area (Å²) in [5.41, 5.74) is 1.23. The van der Waals surface area contributed by atoms with Gasteiger partial charge in [-0.05, 0) is 24.3 Å². The molecule has 3 amide bonds. The van der Waals surface area contributed by atoms with Gasteiger partial charge < -0.3 is 5.32 Å². The molecule has 21 heavy (non-hydrogen) atoms. The molecule has 0 unspecified atom stereocenters. The second kappa shape index (κ2) is 5.16. The number of nitrogens with one attached hydrogen (secondary N) is 1. The highest BCUT2D eigenvalue weighted by Gasteiger charge is 2.36. The number of carbonyl (C=O) groups excluding carboxylic acids is 3. The predicted molar refractivity (Wildman–Crippen MR) is 74.7 cm³/mol. The Labute approximate surface area is 120 Å². The van der Waals surface area contributed by atoms with Crippen LogP contribution in [-0.2, 0) is 4.79 Å². The van der Waals surface area contributed by atoms with Crippen LogP contribution in [0.15, 0.2) is 48.8 Å². The zero-order valence-electron chi connectivity index (χ0n) is 10.9. The lowest BCUT2D eigenvalue weighted by molar-refractivity contribution is -0.116. The Morgan fingerprint density at radius 1 is 1.00 bits per heavy atom. The van der Waals surface area contributed by atoms with E-state index in [1.54, 1.807) is 36.4 Å². The number of fused-ring (bicyclic) bond motifs is 1. The standard InChI is InChI=1S/C15H11N3O3/c19-13(17-10-5-7-16-8-6-10)9-18-14(20)11-3-1-2-4-12(11)15(18)21/h1-8H,9H2,(H,16,17,19). The van der Waals surface area contributed by atoms with Gasteiger partial charge >= 0.3 is 0 Å². The Balaban J connectivity index is 1.73. The first-order valence-electron chi connectivity index (χ1n) is 6.32. The van der Waals surface area contributed by atoms with E-state index in [0.717, 1.165) is 4.90 Å². The topological polar surface area (TPSA) is 79.4 Å². The minimum atomic E-state index is -0.444. The van der Waals surface area contributed by atoms with Crippen molar-refractivity contribution in [2.75, 3.05) is 11.9 Å². The summed E-state index contributed by atoms with van der Waals surface area (Å²) in [4.78, 5) is 40.9. The normalized spacial score (nSPS) is 13.2. The molecule has 0 saturated carbocycles. The summed E-state index contributed by atoms with van der Waals surface area (Å²) in [6, 6.07) is 9.78. The van der Waals surface area contributed by atoms with Gasteiger partial charge in [-0.3, -0.25) is 24.3 Å². The van der Waals surface area contributed by atoms with Crippen LogP contribution in [0.2, 0.25) is 0 Å². The molecule has 104 valence electrons. The Kier molecular flexibility index (Phi) is 3.19. The molecule has 1 aliphatic heterocycles. The number of rotatable bonds is 3. The first kappa shape index (κ1) is 13.0. The molecule has 2 aromatic rings. The lowest BCUT2D eigenvalue weighted by Gasteiger charge is -2.13. The number of amides is 3. The van der Waals surface area contributed by atoms with Crippen molar-refractivity contribution in [1.82, 2.24) is 9.88 Å². The monoisotopic (exact) mass is 281 g/mol. The fraction of sp³-hybridized carbons (Fsp3) is 0.0667. The first-order chi connectivity index (χ1) is 10.2. The van der Waals surface area contributed by atoms with E-state index in [0.29, 0.717) is 16.8 Å². The van der Waals surface area contributed by atoms with Gasteiger partial charge in [0, 0.05) is 18.1 Å². The molecule has 0 fully saturated rings. The maximum atomic E-state index is 12.1. The van der Waals surface area contributed by atoms with E-state index in [2.05, 4.69) is 10.3 Å². The molecule has 2 heterocycles. The van der Waals surface area contributed by atoms with E-state index in [4.69, 9.17) is 0 Å². The van der Waals surface area contributed by atoms with Crippen molar-refractivity contribution in [1.29, 1.82) is 0 Å². The molecule has 0 bridgehead atoms. The molecule has 6 nitrogen and oxygen atoms in total. The maximum Gasteiger partial charge on any atom is 0.262 e. The van der Waals surface area contributed by atoms with Crippen molar-refractivity contribution in [2.24, 2.45) is 0 Å². The van der Waals surface area contributed by atoms with Gasteiger partial charge in [-0.25, -0.2) is 0 Å². The van der Waals surface area contributed by atoms with Crippen LogP contribution in [0.25, 0.3) is 0 Å². The number of benzene rings is 1. The molecule has 0 radical (unpaired) electrons. The molecular weight excluding hydrogens is 270 g/mol. The second-order valence-corrected chi connectivity index (χ2v) is 4.53. The largest absolute Gasteiger partial charge is 0.324 e. The van der Waals surface area contributed by atoms with E-state index >= 15 is 0 Å². The third kappa shape index (κ3) is 2.38. The lowest BCUT2D eigenvalue weighted by atomic mass is 10.1. The highest BCUT2D eigenvalue weighted by atomic mass is 16.2. The van der Waals surface area contributed by atoms with Crippen molar-refractivity contribution < 1.29 is 14.4 Å². The minimum absolute atomic E-state index is 0.311. The van der Waals surface area contributed by atoms with Crippen LogP contribution in [0.3, 0.4) is 0 Å². The highest BCUT2D eigenvalue weighted by molar-refractivity contribution is 6.22. The number of nitrogens with zero attached hydrogens (tertiary/aromatic N) is 2. The van der Waals surface area contributed by atoms with Gasteiger partial charge in [-0.2, -0.15) is 0 Å². The van der Waals surface area contributed by atoms with Crippen molar-refractivity contribution in [2.45, 2.75) is 0 Å². The van der Waals surface area contributed by atoms with Crippen LogP contribution in [0, 0.1) is 0 Å². The van der Waals surface area contributed by atoms with Crippen molar-refractivity contribution in [3.05, 3.63) is 59.9 Å². The van der Waals surface area contributed by atoms with Crippen LogP contribution in [-0.4, -0.2) is 34.2 Å². The van der Waals surface area contributed by atoms with Gasteiger partial charge in [0.05, 0.1) is 11.1 Å². The maximum absolute atomic E-state index is 12.1. The van der Waals surface area contributed by atoms with Gasteiger partial charge in [-0.15, -0.1) is 0 Å². The minimum Gasteiger partial charge on any atom is -0.324 e. The van der Waals surface area contributed by atoms with E-state index in [1.807, 2.05) is 0 Å². The lowest BCUT2D eigenvalue weighted by Crippen LogP contribution is -2.37. The summed E-state index contributed by atoms with van der Waals surface area (Å²) in [7, 11) is 0. The molecule has 0 atom stereocenters. The van der Waals surface area contributed by atoms with E-state index < -0.39 is 17.7 Å². The Bertz CT molecular complexity index is 693. The van der Waals surface area contributed by atoms with E-state index in [9.17, 15) is 14.4 Å². The number of aromatic nitrogens is 1. The molecule has 0 aliphatic carbocycles. The predicted octanol–water partition coefficient (Wildman–Crippen LogP) is 1.32. The molecule has 1 aromatic carbocycles. The number of hydrogen-bond donors (Lipinski definition) is 1. The van der Waals surface area contributed by atoms with Crippen LogP contribution in [0.4, 0.5) is 5.69 Å². The fourth-order valence-electron chi connectivity index (χ4n) is 2.16. The van der Waals surface area contributed by atoms with Crippen LogP contribution >= 0.6 is 0 Å². The zero-order valence-corrected chi connectivity index (χ0v) is 10.9. The van der Waals surface area contributed by atoms with Gasteiger partial charge in [-0.1, -0.05) is 12.1 Å². The van der Waals surface area contributed by atoms with Crippen molar-refractivity contribution in [3.8, 4) is 0 Å². The number of pyridine rings is 1. The van der Waals surface area contributed by atoms with Crippen LogP contribution < -0.4 is 5.32 Å². The van der Waals surface area contributed by atoms with Gasteiger partial charge in [0.15, 0.2) is 0 Å². The molecule has 0 spiro atoms. The average molecular weight is 281 g/mol. The Hall–Kier alpha value is -3.02. The SMILES string of the molecule is O=C(CN1C(=O)c2ccccc2C1=O)Nc1ccncc1. The molecule has 3 rings (SSSR count). The smallest absolute Gasteiger partial charge is 0.262 e. The molecule has 6 heteroatoms. The Morgan fingerprint density at radius 2 is 1.57 bits per heavy atom. The van der Waals surface area contributed by atoms with Gasteiger partial charge in [0.25, 0.3) is 11.8 Å². The third-order valence-corrected chi connectivity index (χ3v) is 3.14. The average Bonchev–Trinajstić information content (AvgIpc) is 2.74. The summed E-state index contributed by atoms with van der Waals surface area (Å²) in [6.07, 6.45) is 3.08. The number of carbonyl (C=O) groups is 3. The van der Waals surface area contributed by atoms with Crippen molar-refractivity contribution >= 4 is 23.4 Å². The van der Waals surface area contributed by atoms with E-state index in [1.165, 1.54) is 12.4 Å². The molecular formula is C15H11N3O3. The van der Waals surface area contributed by atoms with Crippen LogP contribution in [0.5, 0.6) is 0 Å². The van der Waals surface area contributed by atoms with E-state index in [-0.39, 0.29) is 6.54 Å². The summed E-state index contributed by atoms with van der Waals surface area (Å²) in [5.74, 6) is -1.32. The van der Waals surface area contributed by atoms with Crippen molar-refractivity contribution in [3.63, 3.8) is 0 Å². The summed E-state index contributed by atoms with van der Waals surface area (Å²) in [5, 5.41) is 2.61. The molecule has 1 aromatic heterocycles. The second-order valence-electron chi connectivity index (χ2n) is 4.53.